The van der Waals surface area contributed by atoms with Crippen LogP contribution in [0.2, 0.25) is 0 Å². The van der Waals surface area contributed by atoms with Gasteiger partial charge in [-0.2, -0.15) is 0 Å². The molecule has 1 rings (SSSR count). The lowest BCUT2D eigenvalue weighted by molar-refractivity contribution is -0.142. The van der Waals surface area contributed by atoms with E-state index in [0.717, 1.165) is 58.5 Å². The Morgan fingerprint density at radius 1 is 0.938 bits per heavy atom. The molecule has 1 unspecified atom stereocenters. The van der Waals surface area contributed by atoms with E-state index in [2.05, 4.69) is 16.0 Å². The molecule has 1 heterocycles. The minimum absolute atomic E-state index is 0.199. The van der Waals surface area contributed by atoms with E-state index in [4.69, 9.17) is 5.11 Å². The van der Waals surface area contributed by atoms with E-state index >= 15 is 0 Å². The Bertz CT molecular complexity index is 186. The summed E-state index contributed by atoms with van der Waals surface area (Å²) in [5.74, 6) is -0.861. The van der Waals surface area contributed by atoms with E-state index in [9.17, 15) is 4.79 Å². The third kappa shape index (κ3) is 6.05. The van der Waals surface area contributed by atoms with Crippen LogP contribution in [-0.4, -0.2) is 43.9 Å². The van der Waals surface area contributed by atoms with Crippen molar-refractivity contribution < 1.29 is 9.90 Å². The first-order valence-electron chi connectivity index (χ1n) is 6.15. The lowest BCUT2D eigenvalue weighted by Gasteiger charge is -2.12. The maximum Gasteiger partial charge on any atom is 0.306 e. The molecule has 0 saturated carbocycles. The van der Waals surface area contributed by atoms with Crippen molar-refractivity contribution in [3.8, 4) is 0 Å². The van der Waals surface area contributed by atoms with Crippen molar-refractivity contribution in [1.29, 1.82) is 0 Å². The van der Waals surface area contributed by atoms with Gasteiger partial charge in [-0.25, -0.2) is 0 Å². The van der Waals surface area contributed by atoms with Gasteiger partial charge in [-0.1, -0.05) is 0 Å². The molecule has 0 bridgehead atoms. The summed E-state index contributed by atoms with van der Waals surface area (Å²) >= 11 is 0. The molecule has 0 aromatic carbocycles. The van der Waals surface area contributed by atoms with Crippen LogP contribution in [0.3, 0.4) is 0 Å². The number of nitrogens with one attached hydrogen (secondary N) is 3. The van der Waals surface area contributed by atoms with E-state index in [0.29, 0.717) is 0 Å². The van der Waals surface area contributed by atoms with Gasteiger partial charge in [0.05, 0.1) is 5.92 Å². The molecule has 5 nitrogen and oxygen atoms in total. The Morgan fingerprint density at radius 2 is 1.62 bits per heavy atom. The lowest BCUT2D eigenvalue weighted by atomic mass is 9.99. The molecule has 0 spiro atoms. The molecular formula is C11H23N3O2. The minimum atomic E-state index is -0.662. The van der Waals surface area contributed by atoms with Crippen LogP contribution in [0.25, 0.3) is 0 Å². The Labute approximate surface area is 97.0 Å². The lowest BCUT2D eigenvalue weighted by Crippen LogP contribution is -2.32. The standard InChI is InChI=1S/C11H23N3O2/c15-11(16)10-3-1-5-12-6-2-7-13-9-14-8-4-10/h10,12-14H,1-9H2,(H,15,16). The molecule has 5 heteroatoms. The highest BCUT2D eigenvalue weighted by Crippen LogP contribution is 2.10. The third-order valence-electron chi connectivity index (χ3n) is 2.88. The highest BCUT2D eigenvalue weighted by molar-refractivity contribution is 5.69. The predicted octanol–water partition coefficient (Wildman–Crippen LogP) is -0.0125. The minimum Gasteiger partial charge on any atom is -0.481 e. The molecule has 1 fully saturated rings. The summed E-state index contributed by atoms with van der Waals surface area (Å²) in [5, 5.41) is 18.8. The summed E-state index contributed by atoms with van der Waals surface area (Å²) in [7, 11) is 0. The first-order valence-corrected chi connectivity index (χ1v) is 6.15. The molecule has 4 N–H and O–H groups in total. The fourth-order valence-electron chi connectivity index (χ4n) is 1.87. The van der Waals surface area contributed by atoms with Gasteiger partial charge in [0.15, 0.2) is 0 Å². The SMILES string of the molecule is O=C(O)C1CCCNCCCNCNCC1. The molecule has 0 radical (unpaired) electrons. The fourth-order valence-corrected chi connectivity index (χ4v) is 1.87. The van der Waals surface area contributed by atoms with E-state index in [1.165, 1.54) is 0 Å². The van der Waals surface area contributed by atoms with Gasteiger partial charge < -0.3 is 21.1 Å². The molecule has 0 aliphatic carbocycles. The van der Waals surface area contributed by atoms with Gasteiger partial charge in [0.2, 0.25) is 0 Å². The van der Waals surface area contributed by atoms with Gasteiger partial charge in [0, 0.05) is 6.67 Å². The topological polar surface area (TPSA) is 73.4 Å². The molecule has 94 valence electrons. The molecule has 16 heavy (non-hydrogen) atoms. The van der Waals surface area contributed by atoms with Gasteiger partial charge >= 0.3 is 5.97 Å². The highest BCUT2D eigenvalue weighted by atomic mass is 16.4. The third-order valence-corrected chi connectivity index (χ3v) is 2.88. The number of rotatable bonds is 1. The van der Waals surface area contributed by atoms with Crippen molar-refractivity contribution in [2.24, 2.45) is 5.92 Å². The maximum absolute atomic E-state index is 11.0. The van der Waals surface area contributed by atoms with Gasteiger partial charge in [-0.05, 0) is 51.9 Å². The predicted molar refractivity (Wildman–Crippen MR) is 63.3 cm³/mol. The molecule has 1 aliphatic rings. The largest absolute Gasteiger partial charge is 0.481 e. The van der Waals surface area contributed by atoms with Gasteiger partial charge in [0.25, 0.3) is 0 Å². The smallest absolute Gasteiger partial charge is 0.306 e. The molecule has 0 amide bonds. The van der Waals surface area contributed by atoms with Crippen LogP contribution in [0.15, 0.2) is 0 Å². The number of hydrogen-bond acceptors (Lipinski definition) is 4. The normalized spacial score (nSPS) is 26.1. The number of aliphatic carboxylic acids is 1. The number of carbonyl (C=O) groups is 1. The van der Waals surface area contributed by atoms with Crippen LogP contribution in [-0.2, 0) is 4.79 Å². The van der Waals surface area contributed by atoms with Crippen LogP contribution in [0.5, 0.6) is 0 Å². The van der Waals surface area contributed by atoms with Crippen LogP contribution >= 0.6 is 0 Å². The monoisotopic (exact) mass is 229 g/mol. The van der Waals surface area contributed by atoms with Crippen LogP contribution in [0.4, 0.5) is 0 Å². The zero-order valence-corrected chi connectivity index (χ0v) is 9.80. The van der Waals surface area contributed by atoms with Gasteiger partial charge in [0.1, 0.15) is 0 Å². The van der Waals surface area contributed by atoms with E-state index in [-0.39, 0.29) is 5.92 Å². The van der Waals surface area contributed by atoms with Crippen LogP contribution in [0, 0.1) is 5.92 Å². The van der Waals surface area contributed by atoms with Crippen molar-refractivity contribution in [2.45, 2.75) is 25.7 Å². The number of carboxylic acid groups (broad SMARTS) is 1. The van der Waals surface area contributed by atoms with E-state index in [1.54, 1.807) is 0 Å². The van der Waals surface area contributed by atoms with Crippen molar-refractivity contribution in [1.82, 2.24) is 16.0 Å². The van der Waals surface area contributed by atoms with Crippen LogP contribution in [0.1, 0.15) is 25.7 Å². The zero-order valence-electron chi connectivity index (χ0n) is 9.80. The Kier molecular flexibility index (Phi) is 7.12. The molecular weight excluding hydrogens is 206 g/mol. The molecule has 0 aromatic rings. The molecule has 1 atom stereocenters. The first kappa shape index (κ1) is 13.4. The molecule has 0 aromatic heterocycles. The zero-order chi connectivity index (χ0) is 11.6. The second-order valence-electron chi connectivity index (χ2n) is 4.25. The molecule has 1 saturated heterocycles. The van der Waals surface area contributed by atoms with Crippen molar-refractivity contribution >= 4 is 5.97 Å². The summed E-state index contributed by atoms with van der Waals surface area (Å²) in [6, 6.07) is 0. The molecule has 1 aliphatic heterocycles. The summed E-state index contributed by atoms with van der Waals surface area (Å²) in [5.41, 5.74) is 0. The Morgan fingerprint density at radius 3 is 2.44 bits per heavy atom. The van der Waals surface area contributed by atoms with Crippen LogP contribution < -0.4 is 16.0 Å². The summed E-state index contributed by atoms with van der Waals surface area (Å²) in [6.45, 7) is 4.48. The van der Waals surface area contributed by atoms with Gasteiger partial charge in [-0.3, -0.25) is 4.79 Å². The average molecular weight is 229 g/mol. The van der Waals surface area contributed by atoms with E-state index < -0.39 is 5.97 Å². The van der Waals surface area contributed by atoms with Crippen molar-refractivity contribution in [3.05, 3.63) is 0 Å². The van der Waals surface area contributed by atoms with Crippen molar-refractivity contribution in [2.75, 3.05) is 32.8 Å². The fraction of sp³-hybridized carbons (Fsp3) is 0.909. The first-order chi connectivity index (χ1) is 7.80. The number of carboxylic acids is 1. The summed E-state index contributed by atoms with van der Waals surface area (Å²) in [6.07, 6.45) is 3.56. The quantitative estimate of drug-likeness (QED) is 0.509. The van der Waals surface area contributed by atoms with E-state index in [1.807, 2.05) is 0 Å². The van der Waals surface area contributed by atoms with Gasteiger partial charge in [-0.15, -0.1) is 0 Å². The maximum atomic E-state index is 11.0. The average Bonchev–Trinajstić information content (AvgIpc) is 2.28. The number of hydrogen-bond donors (Lipinski definition) is 4. The Balaban J connectivity index is 2.29. The second-order valence-corrected chi connectivity index (χ2v) is 4.25. The Hall–Kier alpha value is -0.650. The second kappa shape index (κ2) is 8.50. The summed E-state index contributed by atoms with van der Waals surface area (Å²) < 4.78 is 0. The summed E-state index contributed by atoms with van der Waals surface area (Å²) in [4.78, 5) is 11.0. The van der Waals surface area contributed by atoms with Crippen molar-refractivity contribution in [3.63, 3.8) is 0 Å². The highest BCUT2D eigenvalue weighted by Gasteiger charge is 2.16.